The van der Waals surface area contributed by atoms with Crippen molar-refractivity contribution in [2.24, 2.45) is 11.8 Å². The van der Waals surface area contributed by atoms with Crippen molar-refractivity contribution in [1.29, 1.82) is 0 Å². The molecule has 0 aromatic carbocycles. The Balaban J connectivity index is 0.00000121. The predicted octanol–water partition coefficient (Wildman–Crippen LogP) is 2.16. The molecule has 3 heterocycles. The fourth-order valence-electron chi connectivity index (χ4n) is 4.20. The van der Waals surface area contributed by atoms with Gasteiger partial charge < -0.3 is 15.1 Å². The van der Waals surface area contributed by atoms with Gasteiger partial charge in [-0.25, -0.2) is 0 Å². The van der Waals surface area contributed by atoms with Gasteiger partial charge in [-0.15, -0.1) is 24.8 Å². The highest BCUT2D eigenvalue weighted by atomic mass is 35.5. The maximum absolute atomic E-state index is 12.6. The van der Waals surface area contributed by atoms with E-state index in [1.54, 1.807) is 0 Å². The van der Waals surface area contributed by atoms with Gasteiger partial charge in [0.25, 0.3) is 0 Å². The van der Waals surface area contributed by atoms with Crippen molar-refractivity contribution in [3.8, 4) is 0 Å². The normalized spacial score (nSPS) is 30.0. The molecule has 0 aliphatic carbocycles. The lowest BCUT2D eigenvalue weighted by atomic mass is 9.93. The summed E-state index contributed by atoms with van der Waals surface area (Å²) in [4.78, 5) is 17.3. The van der Waals surface area contributed by atoms with Crippen LogP contribution in [0, 0.1) is 11.8 Å². The maximum atomic E-state index is 12.6. The van der Waals surface area contributed by atoms with E-state index in [9.17, 15) is 4.79 Å². The van der Waals surface area contributed by atoms with Gasteiger partial charge in [0.2, 0.25) is 5.91 Å². The van der Waals surface area contributed by atoms with Gasteiger partial charge in [-0.1, -0.05) is 6.42 Å². The Morgan fingerprint density at radius 1 is 1.05 bits per heavy atom. The summed E-state index contributed by atoms with van der Waals surface area (Å²) >= 11 is 0. The van der Waals surface area contributed by atoms with E-state index in [4.69, 9.17) is 0 Å². The van der Waals surface area contributed by atoms with Gasteiger partial charge in [-0.2, -0.15) is 0 Å². The third kappa shape index (κ3) is 4.98. The molecule has 3 rings (SSSR count). The number of carbonyl (C=O) groups excluding carboxylic acids is 1. The number of fused-ring (bicyclic) bond motifs is 3. The molecule has 3 aliphatic rings. The number of piperidine rings is 1. The monoisotopic (exact) mass is 351 g/mol. The summed E-state index contributed by atoms with van der Waals surface area (Å²) in [6.07, 6.45) is 7.04. The molecule has 0 saturated carbocycles. The lowest BCUT2D eigenvalue weighted by Gasteiger charge is -2.31. The van der Waals surface area contributed by atoms with Gasteiger partial charge in [-0.3, -0.25) is 4.79 Å². The smallest absolute Gasteiger partial charge is 0.222 e. The van der Waals surface area contributed by atoms with Crippen LogP contribution in [0.5, 0.6) is 0 Å². The van der Waals surface area contributed by atoms with Crippen molar-refractivity contribution >= 4 is 30.7 Å². The third-order valence-electron chi connectivity index (χ3n) is 5.50. The van der Waals surface area contributed by atoms with Crippen molar-refractivity contribution in [3.63, 3.8) is 0 Å². The fourth-order valence-corrected chi connectivity index (χ4v) is 4.20. The van der Waals surface area contributed by atoms with E-state index in [1.165, 1.54) is 38.6 Å². The van der Waals surface area contributed by atoms with Gasteiger partial charge in [0, 0.05) is 32.1 Å². The summed E-state index contributed by atoms with van der Waals surface area (Å²) in [7, 11) is 2.24. The first-order chi connectivity index (χ1) is 9.72. The largest absolute Gasteiger partial charge is 0.341 e. The minimum absolute atomic E-state index is 0. The molecule has 22 heavy (non-hydrogen) atoms. The standard InChI is InChI=1S/C16H29N3O.2ClH/c1-18-10-14-3-2-4-15(18)12-19(11-14)16(20)9-13-5-7-17-8-6-13;;/h13-15,17H,2-12H2,1H3;2*1H/t14-,15-;;/m0../s1. The maximum Gasteiger partial charge on any atom is 0.222 e. The molecular formula is C16H31Cl2N3O. The van der Waals surface area contributed by atoms with Gasteiger partial charge in [-0.05, 0) is 57.7 Å². The minimum Gasteiger partial charge on any atom is -0.341 e. The second-order valence-corrected chi connectivity index (χ2v) is 7.09. The van der Waals surface area contributed by atoms with E-state index in [1.807, 2.05) is 0 Å². The van der Waals surface area contributed by atoms with Crippen LogP contribution in [-0.2, 0) is 4.79 Å². The Labute approximate surface area is 147 Å². The number of halogens is 2. The lowest BCUT2D eigenvalue weighted by molar-refractivity contribution is -0.133. The van der Waals surface area contributed by atoms with Gasteiger partial charge in [0.05, 0.1) is 0 Å². The summed E-state index contributed by atoms with van der Waals surface area (Å²) in [6.45, 7) is 5.33. The molecule has 3 saturated heterocycles. The first-order valence-corrected chi connectivity index (χ1v) is 8.41. The predicted molar refractivity (Wildman–Crippen MR) is 95.0 cm³/mol. The van der Waals surface area contributed by atoms with Gasteiger partial charge in [0.15, 0.2) is 0 Å². The summed E-state index contributed by atoms with van der Waals surface area (Å²) in [5.74, 6) is 1.73. The second kappa shape index (κ2) is 9.31. The first-order valence-electron chi connectivity index (χ1n) is 8.41. The number of carbonyl (C=O) groups is 1. The van der Waals surface area contributed by atoms with Crippen LogP contribution in [-0.4, -0.2) is 61.5 Å². The van der Waals surface area contributed by atoms with Crippen molar-refractivity contribution in [2.45, 2.75) is 44.6 Å². The third-order valence-corrected chi connectivity index (χ3v) is 5.50. The summed E-state index contributed by atoms with van der Waals surface area (Å²) in [5.41, 5.74) is 0. The Bertz CT molecular complexity index is 350. The first kappa shape index (κ1) is 20.0. The molecular weight excluding hydrogens is 321 g/mol. The number of rotatable bonds is 2. The van der Waals surface area contributed by atoms with Crippen molar-refractivity contribution in [3.05, 3.63) is 0 Å². The Hall–Kier alpha value is -0.0300. The van der Waals surface area contributed by atoms with E-state index < -0.39 is 0 Å². The average molecular weight is 352 g/mol. The fraction of sp³-hybridized carbons (Fsp3) is 0.938. The molecule has 6 heteroatoms. The SMILES string of the molecule is CN1C[C@@H]2CCC[C@H]1CN(C(=O)CC1CCNCC1)C2.Cl.Cl. The molecule has 1 N–H and O–H groups in total. The Morgan fingerprint density at radius 3 is 2.50 bits per heavy atom. The zero-order chi connectivity index (χ0) is 13.9. The van der Waals surface area contributed by atoms with Crippen molar-refractivity contribution in [1.82, 2.24) is 15.1 Å². The molecule has 0 unspecified atom stereocenters. The average Bonchev–Trinajstić information content (AvgIpc) is 2.68. The molecule has 0 spiro atoms. The molecule has 2 atom stereocenters. The zero-order valence-corrected chi connectivity index (χ0v) is 15.3. The number of nitrogens with zero attached hydrogens (tertiary/aromatic N) is 2. The molecule has 2 bridgehead atoms. The number of likely N-dealkylation sites (tertiary alicyclic amines) is 1. The number of likely N-dealkylation sites (N-methyl/N-ethyl adjacent to an activating group) is 1. The zero-order valence-electron chi connectivity index (χ0n) is 13.6. The summed E-state index contributed by atoms with van der Waals surface area (Å²) in [5, 5.41) is 3.38. The van der Waals surface area contributed by atoms with Crippen LogP contribution in [0.1, 0.15) is 38.5 Å². The number of amides is 1. The van der Waals surface area contributed by atoms with E-state index in [0.717, 1.165) is 32.6 Å². The molecule has 3 aliphatic heterocycles. The molecule has 130 valence electrons. The van der Waals surface area contributed by atoms with E-state index in [-0.39, 0.29) is 24.8 Å². The molecule has 4 nitrogen and oxygen atoms in total. The van der Waals surface area contributed by atoms with Crippen LogP contribution in [0.3, 0.4) is 0 Å². The van der Waals surface area contributed by atoms with Crippen LogP contribution in [0.15, 0.2) is 0 Å². The summed E-state index contributed by atoms with van der Waals surface area (Å²) in [6, 6.07) is 0.597. The Kier molecular flexibility index (Phi) is 8.47. The van der Waals surface area contributed by atoms with Gasteiger partial charge in [0.1, 0.15) is 0 Å². The second-order valence-electron chi connectivity index (χ2n) is 7.09. The van der Waals surface area contributed by atoms with Gasteiger partial charge >= 0.3 is 0 Å². The van der Waals surface area contributed by atoms with E-state index in [2.05, 4.69) is 22.2 Å². The van der Waals surface area contributed by atoms with Crippen LogP contribution in [0.25, 0.3) is 0 Å². The van der Waals surface area contributed by atoms with Crippen molar-refractivity contribution < 1.29 is 4.79 Å². The highest BCUT2D eigenvalue weighted by Gasteiger charge is 2.33. The number of hydrogen-bond donors (Lipinski definition) is 1. The molecule has 3 fully saturated rings. The van der Waals surface area contributed by atoms with Crippen LogP contribution < -0.4 is 5.32 Å². The highest BCUT2D eigenvalue weighted by molar-refractivity contribution is 5.85. The number of nitrogens with one attached hydrogen (secondary N) is 1. The van der Waals surface area contributed by atoms with Crippen molar-refractivity contribution in [2.75, 3.05) is 39.8 Å². The van der Waals surface area contributed by atoms with Crippen LogP contribution in [0.2, 0.25) is 0 Å². The quantitative estimate of drug-likeness (QED) is 0.827. The molecule has 0 aromatic heterocycles. The van der Waals surface area contributed by atoms with E-state index >= 15 is 0 Å². The topological polar surface area (TPSA) is 35.6 Å². The van der Waals surface area contributed by atoms with E-state index in [0.29, 0.717) is 23.8 Å². The number of hydrogen-bond acceptors (Lipinski definition) is 3. The highest BCUT2D eigenvalue weighted by Crippen LogP contribution is 2.27. The van der Waals surface area contributed by atoms with Crippen LogP contribution in [0.4, 0.5) is 0 Å². The lowest BCUT2D eigenvalue weighted by Crippen LogP contribution is -2.43. The van der Waals surface area contributed by atoms with Crippen LogP contribution >= 0.6 is 24.8 Å². The summed E-state index contributed by atoms with van der Waals surface area (Å²) < 4.78 is 0. The molecule has 0 aromatic rings. The Morgan fingerprint density at radius 2 is 1.77 bits per heavy atom. The molecule has 0 radical (unpaired) electrons. The molecule has 1 amide bonds. The minimum atomic E-state index is 0.